The molecule has 10 heteroatoms. The fourth-order valence-electron chi connectivity index (χ4n) is 0.888. The van der Waals surface area contributed by atoms with Crippen LogP contribution in [-0.4, -0.2) is 35.7 Å². The van der Waals surface area contributed by atoms with Crippen LogP contribution in [0, 0.1) is 0 Å². The lowest BCUT2D eigenvalue weighted by atomic mass is 9.93. The van der Waals surface area contributed by atoms with Gasteiger partial charge in [0.15, 0.2) is 0 Å². The van der Waals surface area contributed by atoms with E-state index in [1.165, 1.54) is 0 Å². The summed E-state index contributed by atoms with van der Waals surface area (Å²) in [5.74, 6) is -5.79. The summed E-state index contributed by atoms with van der Waals surface area (Å²) in [4.78, 5) is 0. The van der Waals surface area contributed by atoms with Gasteiger partial charge < -0.3 is 5.11 Å². The average Bonchev–Trinajstić information content (AvgIpc) is 1.98. The molecule has 0 aromatic carbocycles. The van der Waals surface area contributed by atoms with Gasteiger partial charge >= 0.3 is 23.9 Å². The van der Waals surface area contributed by atoms with Gasteiger partial charge in [0.1, 0.15) is 0 Å². The minimum Gasteiger partial charge on any atom is -0.396 e. The van der Waals surface area contributed by atoms with Crippen molar-refractivity contribution >= 4 is 0 Å². The Kier molecular flexibility index (Phi) is 3.80. The molecule has 0 bridgehead atoms. The molecule has 1 N–H and O–H groups in total. The summed E-state index contributed by atoms with van der Waals surface area (Å²) in [5.41, 5.74) is -6.67. The number of aliphatic hydroxyl groups excluding tert-OH is 1. The molecule has 0 fully saturated rings. The second-order valence-electron chi connectivity index (χ2n) is 2.83. The molecule has 0 atom stereocenters. The SMILES string of the molecule is OCCC(F)(F)C(F)(C(F)(F)F)C(F)(F)F. The number of rotatable bonds is 3. The predicted octanol–water partition coefficient (Wildman–Crippen LogP) is 2.84. The van der Waals surface area contributed by atoms with E-state index in [1.807, 2.05) is 0 Å². The first-order chi connectivity index (χ1) is 6.81. The maximum atomic E-state index is 12.7. The van der Waals surface area contributed by atoms with Crippen molar-refractivity contribution in [2.75, 3.05) is 6.61 Å². The van der Waals surface area contributed by atoms with E-state index in [1.54, 1.807) is 0 Å². The fraction of sp³-hybridized carbons (Fsp3) is 1.00. The molecule has 0 rings (SSSR count). The Labute approximate surface area is 82.8 Å². The molecule has 0 aliphatic carbocycles. The van der Waals surface area contributed by atoms with E-state index in [0.29, 0.717) is 0 Å². The lowest BCUT2D eigenvalue weighted by molar-refractivity contribution is -0.397. The first-order valence-electron chi connectivity index (χ1n) is 3.62. The summed E-state index contributed by atoms with van der Waals surface area (Å²) in [6, 6.07) is 0. The minimum atomic E-state index is -6.83. The highest BCUT2D eigenvalue weighted by Gasteiger charge is 2.83. The third-order valence-electron chi connectivity index (χ3n) is 1.71. The van der Waals surface area contributed by atoms with E-state index >= 15 is 0 Å². The van der Waals surface area contributed by atoms with Crippen molar-refractivity contribution in [3.05, 3.63) is 0 Å². The molecule has 0 saturated carbocycles. The van der Waals surface area contributed by atoms with Gasteiger partial charge in [0, 0.05) is 13.0 Å². The average molecular weight is 264 g/mol. The second kappa shape index (κ2) is 3.97. The quantitative estimate of drug-likeness (QED) is 0.777. The highest BCUT2D eigenvalue weighted by Crippen LogP contribution is 2.55. The molecule has 0 aliphatic rings. The molecule has 98 valence electrons. The van der Waals surface area contributed by atoms with Crippen molar-refractivity contribution in [2.24, 2.45) is 0 Å². The largest absolute Gasteiger partial charge is 0.437 e. The molecule has 0 radical (unpaired) electrons. The number of aliphatic hydroxyl groups is 1. The normalized spacial score (nSPS) is 15.4. The van der Waals surface area contributed by atoms with Gasteiger partial charge in [-0.25, -0.2) is 13.2 Å². The van der Waals surface area contributed by atoms with Crippen LogP contribution < -0.4 is 0 Å². The van der Waals surface area contributed by atoms with E-state index < -0.39 is 37.0 Å². The van der Waals surface area contributed by atoms with E-state index in [4.69, 9.17) is 5.11 Å². The first-order valence-corrected chi connectivity index (χ1v) is 3.62. The summed E-state index contributed by atoms with van der Waals surface area (Å²) in [6.07, 6.45) is -15.9. The Morgan fingerprint density at radius 2 is 1.00 bits per heavy atom. The summed E-state index contributed by atoms with van der Waals surface area (Å²) in [6.45, 7) is -1.72. The molecule has 0 spiro atoms. The molecule has 0 aromatic heterocycles. The highest BCUT2D eigenvalue weighted by molar-refractivity contribution is 5.05. The van der Waals surface area contributed by atoms with Gasteiger partial charge in [-0.15, -0.1) is 0 Å². The van der Waals surface area contributed by atoms with Crippen LogP contribution in [0.3, 0.4) is 0 Å². The molecule has 0 heterocycles. The van der Waals surface area contributed by atoms with Crippen LogP contribution in [0.15, 0.2) is 0 Å². The highest BCUT2D eigenvalue weighted by atomic mass is 19.4. The maximum Gasteiger partial charge on any atom is 0.437 e. The van der Waals surface area contributed by atoms with Gasteiger partial charge in [-0.1, -0.05) is 0 Å². The molecule has 0 unspecified atom stereocenters. The molecule has 1 nitrogen and oxygen atoms in total. The maximum absolute atomic E-state index is 12.7. The van der Waals surface area contributed by atoms with E-state index in [2.05, 4.69) is 0 Å². The Morgan fingerprint density at radius 3 is 1.19 bits per heavy atom. The van der Waals surface area contributed by atoms with Crippen molar-refractivity contribution in [1.82, 2.24) is 0 Å². The number of hydrogen-bond donors (Lipinski definition) is 1. The minimum absolute atomic E-state index is 1.72. The lowest BCUT2D eigenvalue weighted by Gasteiger charge is -2.35. The number of halogens is 9. The Bertz CT molecular complexity index is 225. The monoisotopic (exact) mass is 264 g/mol. The van der Waals surface area contributed by atoms with Gasteiger partial charge in [0.05, 0.1) is 0 Å². The van der Waals surface area contributed by atoms with E-state index in [0.717, 1.165) is 0 Å². The molecule has 0 aliphatic heterocycles. The first kappa shape index (κ1) is 15.3. The van der Waals surface area contributed by atoms with Crippen LogP contribution in [0.4, 0.5) is 39.5 Å². The fourth-order valence-corrected chi connectivity index (χ4v) is 0.888. The zero-order valence-corrected chi connectivity index (χ0v) is 7.26. The number of hydrogen-bond acceptors (Lipinski definition) is 1. The molecular formula is C6H5F9O. The Hall–Kier alpha value is -0.670. The topological polar surface area (TPSA) is 20.2 Å². The summed E-state index contributed by atoms with van der Waals surface area (Å²) < 4.78 is 108. The second-order valence-corrected chi connectivity index (χ2v) is 2.83. The predicted molar refractivity (Wildman–Crippen MR) is 32.6 cm³/mol. The van der Waals surface area contributed by atoms with Crippen LogP contribution in [0.1, 0.15) is 6.42 Å². The van der Waals surface area contributed by atoms with Crippen LogP contribution in [0.2, 0.25) is 0 Å². The standard InChI is InChI=1S/C6H5F9O/c7-3(8,1-2-16)4(9,5(10,11)12)6(13,14)15/h16H,1-2H2. The van der Waals surface area contributed by atoms with E-state index in [-0.39, 0.29) is 0 Å². The van der Waals surface area contributed by atoms with Crippen molar-refractivity contribution in [3.8, 4) is 0 Å². The third-order valence-corrected chi connectivity index (χ3v) is 1.71. The van der Waals surface area contributed by atoms with Crippen molar-refractivity contribution in [1.29, 1.82) is 0 Å². The van der Waals surface area contributed by atoms with Gasteiger partial charge in [-0.3, -0.25) is 0 Å². The Morgan fingerprint density at radius 1 is 0.688 bits per heavy atom. The zero-order valence-electron chi connectivity index (χ0n) is 7.26. The van der Waals surface area contributed by atoms with Crippen molar-refractivity contribution < 1.29 is 44.6 Å². The third kappa shape index (κ3) is 2.20. The smallest absolute Gasteiger partial charge is 0.396 e. The van der Waals surface area contributed by atoms with Crippen LogP contribution in [-0.2, 0) is 0 Å². The van der Waals surface area contributed by atoms with Crippen LogP contribution in [0.25, 0.3) is 0 Å². The molecule has 0 saturated heterocycles. The van der Waals surface area contributed by atoms with Gasteiger partial charge in [0.2, 0.25) is 0 Å². The van der Waals surface area contributed by atoms with Gasteiger partial charge in [0.25, 0.3) is 0 Å². The van der Waals surface area contributed by atoms with Crippen molar-refractivity contribution in [3.63, 3.8) is 0 Å². The molecule has 0 aromatic rings. The molecule has 16 heavy (non-hydrogen) atoms. The summed E-state index contributed by atoms with van der Waals surface area (Å²) in [7, 11) is 0. The summed E-state index contributed by atoms with van der Waals surface area (Å²) >= 11 is 0. The van der Waals surface area contributed by atoms with Gasteiger partial charge in [-0.05, 0) is 0 Å². The molecular weight excluding hydrogens is 259 g/mol. The van der Waals surface area contributed by atoms with Gasteiger partial charge in [-0.2, -0.15) is 26.3 Å². The van der Waals surface area contributed by atoms with Crippen molar-refractivity contribution in [2.45, 2.75) is 30.4 Å². The zero-order chi connectivity index (χ0) is 13.4. The number of alkyl halides is 9. The lowest BCUT2D eigenvalue weighted by Crippen LogP contribution is -2.64. The van der Waals surface area contributed by atoms with Crippen LogP contribution >= 0.6 is 0 Å². The van der Waals surface area contributed by atoms with Crippen LogP contribution in [0.5, 0.6) is 0 Å². The van der Waals surface area contributed by atoms with E-state index in [9.17, 15) is 39.5 Å². The summed E-state index contributed by atoms with van der Waals surface area (Å²) in [5, 5.41) is 7.92. The molecule has 0 amide bonds. The Balaban J connectivity index is 5.61.